The van der Waals surface area contributed by atoms with E-state index in [0.717, 1.165) is 5.69 Å². The van der Waals surface area contributed by atoms with E-state index in [9.17, 15) is 9.00 Å². The quantitative estimate of drug-likeness (QED) is 0.822. The largest absolute Gasteiger partial charge is 0.478 e. The number of carboxylic acids is 1. The molecule has 0 fully saturated rings. The lowest BCUT2D eigenvalue weighted by atomic mass is 10.1. The zero-order chi connectivity index (χ0) is 13.7. The van der Waals surface area contributed by atoms with Gasteiger partial charge in [-0.2, -0.15) is 0 Å². The molecule has 1 aromatic rings. The molecule has 0 bridgehead atoms. The summed E-state index contributed by atoms with van der Waals surface area (Å²) in [5.41, 5.74) is 0.948. The SMILES string of the molecule is CC(C)c1cc(C(=O)O)cc(NCCS(C)=O)n1. The van der Waals surface area contributed by atoms with Crippen LogP contribution in [0.2, 0.25) is 0 Å². The molecular weight excluding hydrogens is 252 g/mol. The molecule has 18 heavy (non-hydrogen) atoms. The van der Waals surface area contributed by atoms with Crippen LogP contribution in [0.25, 0.3) is 0 Å². The second kappa shape index (κ2) is 6.49. The Kier molecular flexibility index (Phi) is 5.27. The molecule has 100 valence electrons. The molecule has 1 aromatic heterocycles. The highest BCUT2D eigenvalue weighted by molar-refractivity contribution is 7.84. The average molecular weight is 270 g/mol. The molecule has 1 atom stereocenters. The first-order chi connectivity index (χ1) is 8.40. The second-order valence-electron chi connectivity index (χ2n) is 4.33. The zero-order valence-corrected chi connectivity index (χ0v) is 11.6. The predicted octanol–water partition coefficient (Wildman–Crippen LogP) is 1.69. The third kappa shape index (κ3) is 4.44. The maximum Gasteiger partial charge on any atom is 0.335 e. The minimum absolute atomic E-state index is 0.158. The van der Waals surface area contributed by atoms with Gasteiger partial charge in [-0.25, -0.2) is 9.78 Å². The highest BCUT2D eigenvalue weighted by Gasteiger charge is 2.10. The van der Waals surface area contributed by atoms with E-state index in [-0.39, 0.29) is 11.5 Å². The number of anilines is 1. The standard InChI is InChI=1S/C12H18N2O3S/c1-8(2)10-6-9(12(15)16)7-11(14-10)13-4-5-18(3)17/h6-8H,4-5H2,1-3H3,(H,13,14)(H,15,16). The molecule has 0 aliphatic rings. The topological polar surface area (TPSA) is 79.3 Å². The first kappa shape index (κ1) is 14.6. The van der Waals surface area contributed by atoms with Crippen molar-refractivity contribution in [1.82, 2.24) is 4.98 Å². The van der Waals surface area contributed by atoms with Crippen LogP contribution in [0.3, 0.4) is 0 Å². The number of pyridine rings is 1. The summed E-state index contributed by atoms with van der Waals surface area (Å²) in [5.74, 6) is 0.214. The van der Waals surface area contributed by atoms with Crippen molar-refractivity contribution in [3.8, 4) is 0 Å². The van der Waals surface area contributed by atoms with Gasteiger partial charge in [-0.05, 0) is 18.1 Å². The molecule has 1 unspecified atom stereocenters. The number of hydrogen-bond donors (Lipinski definition) is 2. The highest BCUT2D eigenvalue weighted by atomic mass is 32.2. The minimum atomic E-state index is -0.971. The molecule has 2 N–H and O–H groups in total. The van der Waals surface area contributed by atoms with Crippen LogP contribution in [-0.4, -0.2) is 38.8 Å². The molecule has 0 saturated heterocycles. The number of aromatic nitrogens is 1. The van der Waals surface area contributed by atoms with Crippen molar-refractivity contribution < 1.29 is 14.1 Å². The maximum atomic E-state index is 11.0. The van der Waals surface area contributed by atoms with Crippen molar-refractivity contribution in [3.63, 3.8) is 0 Å². The number of carbonyl (C=O) groups is 1. The second-order valence-corrected chi connectivity index (χ2v) is 5.88. The van der Waals surface area contributed by atoms with Gasteiger partial charge in [0.25, 0.3) is 0 Å². The van der Waals surface area contributed by atoms with Gasteiger partial charge in [0.1, 0.15) is 5.82 Å². The van der Waals surface area contributed by atoms with E-state index in [4.69, 9.17) is 5.11 Å². The number of rotatable bonds is 6. The van der Waals surface area contributed by atoms with E-state index in [2.05, 4.69) is 10.3 Å². The van der Waals surface area contributed by atoms with Crippen LogP contribution in [0.15, 0.2) is 12.1 Å². The summed E-state index contributed by atoms with van der Waals surface area (Å²) >= 11 is 0. The molecule has 0 aliphatic carbocycles. The molecule has 1 rings (SSSR count). The first-order valence-corrected chi connectivity index (χ1v) is 7.42. The lowest BCUT2D eigenvalue weighted by Gasteiger charge is -2.10. The Labute approximate surface area is 109 Å². The van der Waals surface area contributed by atoms with E-state index < -0.39 is 16.8 Å². The molecule has 0 saturated carbocycles. The van der Waals surface area contributed by atoms with Crippen LogP contribution in [0.4, 0.5) is 5.82 Å². The fourth-order valence-corrected chi connectivity index (χ4v) is 1.77. The van der Waals surface area contributed by atoms with Crippen LogP contribution >= 0.6 is 0 Å². The van der Waals surface area contributed by atoms with E-state index in [1.807, 2.05) is 13.8 Å². The summed E-state index contributed by atoms with van der Waals surface area (Å²) in [4.78, 5) is 15.3. The smallest absolute Gasteiger partial charge is 0.335 e. The minimum Gasteiger partial charge on any atom is -0.478 e. The van der Waals surface area contributed by atoms with Gasteiger partial charge < -0.3 is 10.4 Å². The number of carboxylic acid groups (broad SMARTS) is 1. The van der Waals surface area contributed by atoms with Crippen LogP contribution < -0.4 is 5.32 Å². The Morgan fingerprint density at radius 2 is 2.17 bits per heavy atom. The van der Waals surface area contributed by atoms with Gasteiger partial charge in [0, 0.05) is 35.0 Å². The Morgan fingerprint density at radius 3 is 2.67 bits per heavy atom. The molecule has 6 heteroatoms. The van der Waals surface area contributed by atoms with Crippen molar-refractivity contribution >= 4 is 22.6 Å². The number of aromatic carboxylic acids is 1. The summed E-state index contributed by atoms with van der Waals surface area (Å²) in [5, 5.41) is 12.0. The summed E-state index contributed by atoms with van der Waals surface area (Å²) in [6.07, 6.45) is 1.63. The van der Waals surface area contributed by atoms with Crippen molar-refractivity contribution in [2.45, 2.75) is 19.8 Å². The van der Waals surface area contributed by atoms with E-state index in [1.165, 1.54) is 6.07 Å². The predicted molar refractivity (Wildman–Crippen MR) is 72.7 cm³/mol. The Bertz CT molecular complexity index is 461. The lowest BCUT2D eigenvalue weighted by Crippen LogP contribution is -2.12. The van der Waals surface area contributed by atoms with Gasteiger partial charge in [-0.1, -0.05) is 13.8 Å². The van der Waals surface area contributed by atoms with E-state index in [1.54, 1.807) is 12.3 Å². The van der Waals surface area contributed by atoms with Crippen LogP contribution in [0, 0.1) is 0 Å². The van der Waals surface area contributed by atoms with Gasteiger partial charge >= 0.3 is 5.97 Å². The van der Waals surface area contributed by atoms with E-state index >= 15 is 0 Å². The van der Waals surface area contributed by atoms with Gasteiger partial charge in [0.05, 0.1) is 5.56 Å². The summed E-state index contributed by atoms with van der Waals surface area (Å²) < 4.78 is 10.9. The molecule has 0 aromatic carbocycles. The number of nitrogens with zero attached hydrogens (tertiary/aromatic N) is 1. The highest BCUT2D eigenvalue weighted by Crippen LogP contribution is 2.17. The van der Waals surface area contributed by atoms with E-state index in [0.29, 0.717) is 18.1 Å². The van der Waals surface area contributed by atoms with Crippen molar-refractivity contribution in [2.75, 3.05) is 23.9 Å². The average Bonchev–Trinajstić information content (AvgIpc) is 2.28. The lowest BCUT2D eigenvalue weighted by molar-refractivity contribution is 0.0696. The molecule has 0 aliphatic heterocycles. The molecule has 0 amide bonds. The Hall–Kier alpha value is -1.43. The third-order valence-electron chi connectivity index (χ3n) is 2.38. The van der Waals surface area contributed by atoms with Crippen LogP contribution in [0.5, 0.6) is 0 Å². The fraction of sp³-hybridized carbons (Fsp3) is 0.500. The monoisotopic (exact) mass is 270 g/mol. The normalized spacial score (nSPS) is 12.4. The molecule has 1 heterocycles. The number of nitrogens with one attached hydrogen (secondary N) is 1. The summed E-state index contributed by atoms with van der Waals surface area (Å²) in [6.45, 7) is 4.43. The van der Waals surface area contributed by atoms with Gasteiger partial charge in [-0.3, -0.25) is 4.21 Å². The van der Waals surface area contributed by atoms with Crippen LogP contribution in [0.1, 0.15) is 35.8 Å². The zero-order valence-electron chi connectivity index (χ0n) is 10.8. The fourth-order valence-electron chi connectivity index (χ4n) is 1.38. The maximum absolute atomic E-state index is 11.0. The van der Waals surface area contributed by atoms with Crippen molar-refractivity contribution in [2.24, 2.45) is 0 Å². The van der Waals surface area contributed by atoms with Gasteiger partial charge in [-0.15, -0.1) is 0 Å². The van der Waals surface area contributed by atoms with Gasteiger partial charge in [0.15, 0.2) is 0 Å². The molecule has 0 spiro atoms. The third-order valence-corrected chi connectivity index (χ3v) is 3.16. The first-order valence-electron chi connectivity index (χ1n) is 5.69. The molecular formula is C12H18N2O3S. The van der Waals surface area contributed by atoms with Crippen molar-refractivity contribution in [1.29, 1.82) is 0 Å². The van der Waals surface area contributed by atoms with Crippen molar-refractivity contribution in [3.05, 3.63) is 23.4 Å². The summed E-state index contributed by atoms with van der Waals surface area (Å²) in [7, 11) is -0.874. The Balaban J connectivity index is 2.89. The summed E-state index contributed by atoms with van der Waals surface area (Å²) in [6, 6.07) is 3.07. The number of hydrogen-bond acceptors (Lipinski definition) is 4. The van der Waals surface area contributed by atoms with Crippen LogP contribution in [-0.2, 0) is 10.8 Å². The molecule has 0 radical (unpaired) electrons. The molecule has 5 nitrogen and oxygen atoms in total. The van der Waals surface area contributed by atoms with Gasteiger partial charge in [0.2, 0.25) is 0 Å². The Morgan fingerprint density at radius 1 is 1.50 bits per heavy atom.